The SMILES string of the molecule is Cc1cccc(-c2cn[nH]c2C(=O)NC2CCn3nc(Br)nc3C2)n1. The third kappa shape index (κ3) is 3.19. The molecule has 1 aliphatic heterocycles. The molecule has 3 aromatic heterocycles. The zero-order valence-corrected chi connectivity index (χ0v) is 15.1. The first-order valence-electron chi connectivity index (χ1n) is 7.97. The van der Waals surface area contributed by atoms with Gasteiger partial charge >= 0.3 is 0 Å². The molecule has 2 N–H and O–H groups in total. The van der Waals surface area contributed by atoms with Crippen LogP contribution in [-0.2, 0) is 13.0 Å². The summed E-state index contributed by atoms with van der Waals surface area (Å²) >= 11 is 3.29. The van der Waals surface area contributed by atoms with Gasteiger partial charge in [-0.05, 0) is 41.4 Å². The number of aromatic nitrogens is 6. The third-order valence-corrected chi connectivity index (χ3v) is 4.54. The van der Waals surface area contributed by atoms with Crippen LogP contribution >= 0.6 is 15.9 Å². The topological polar surface area (TPSA) is 101 Å². The van der Waals surface area contributed by atoms with Gasteiger partial charge in [-0.25, -0.2) is 9.67 Å². The van der Waals surface area contributed by atoms with Gasteiger partial charge in [-0.3, -0.25) is 14.9 Å². The van der Waals surface area contributed by atoms with Crippen LogP contribution in [-0.4, -0.2) is 41.9 Å². The van der Waals surface area contributed by atoms with Crippen molar-refractivity contribution >= 4 is 21.8 Å². The maximum atomic E-state index is 12.7. The summed E-state index contributed by atoms with van der Waals surface area (Å²) in [5.41, 5.74) is 2.74. The van der Waals surface area contributed by atoms with Crippen molar-refractivity contribution in [1.29, 1.82) is 0 Å². The Morgan fingerprint density at radius 3 is 3.12 bits per heavy atom. The lowest BCUT2D eigenvalue weighted by molar-refractivity contribution is 0.0925. The van der Waals surface area contributed by atoms with Crippen LogP contribution in [0.15, 0.2) is 29.1 Å². The molecule has 128 valence electrons. The molecule has 4 rings (SSSR count). The van der Waals surface area contributed by atoms with Crippen LogP contribution in [0.5, 0.6) is 0 Å². The highest BCUT2D eigenvalue weighted by atomic mass is 79.9. The maximum absolute atomic E-state index is 12.7. The maximum Gasteiger partial charge on any atom is 0.270 e. The highest BCUT2D eigenvalue weighted by molar-refractivity contribution is 9.10. The summed E-state index contributed by atoms with van der Waals surface area (Å²) in [5, 5.41) is 14.1. The summed E-state index contributed by atoms with van der Waals surface area (Å²) in [6, 6.07) is 5.71. The molecule has 1 amide bonds. The Morgan fingerprint density at radius 2 is 2.28 bits per heavy atom. The summed E-state index contributed by atoms with van der Waals surface area (Å²) in [4.78, 5) is 21.5. The molecule has 0 fully saturated rings. The van der Waals surface area contributed by atoms with Gasteiger partial charge in [-0.1, -0.05) is 6.07 Å². The van der Waals surface area contributed by atoms with E-state index in [1.54, 1.807) is 6.20 Å². The Kier molecular flexibility index (Phi) is 4.08. The fraction of sp³-hybridized carbons (Fsp3) is 0.312. The molecule has 25 heavy (non-hydrogen) atoms. The Morgan fingerprint density at radius 1 is 1.40 bits per heavy atom. The van der Waals surface area contributed by atoms with Crippen LogP contribution < -0.4 is 5.32 Å². The van der Waals surface area contributed by atoms with Crippen molar-refractivity contribution in [3.05, 3.63) is 46.3 Å². The number of carbonyl (C=O) groups excluding carboxylic acids is 1. The third-order valence-electron chi connectivity index (χ3n) is 4.21. The summed E-state index contributed by atoms with van der Waals surface area (Å²) in [6.07, 6.45) is 3.09. The summed E-state index contributed by atoms with van der Waals surface area (Å²) in [6.45, 7) is 2.65. The van der Waals surface area contributed by atoms with Crippen LogP contribution in [0.1, 0.15) is 28.4 Å². The number of hydrogen-bond donors (Lipinski definition) is 2. The number of carbonyl (C=O) groups is 1. The number of hydrogen-bond acceptors (Lipinski definition) is 5. The number of fused-ring (bicyclic) bond motifs is 1. The molecule has 1 aliphatic rings. The molecular formula is C16H16BrN7O. The average Bonchev–Trinajstić information content (AvgIpc) is 3.20. The van der Waals surface area contributed by atoms with Crippen molar-refractivity contribution < 1.29 is 4.79 Å². The van der Waals surface area contributed by atoms with Gasteiger partial charge < -0.3 is 5.32 Å². The second-order valence-electron chi connectivity index (χ2n) is 6.01. The largest absolute Gasteiger partial charge is 0.347 e. The minimum Gasteiger partial charge on any atom is -0.347 e. The fourth-order valence-corrected chi connectivity index (χ4v) is 3.40. The molecule has 3 aromatic rings. The van der Waals surface area contributed by atoms with Gasteiger partial charge in [0, 0.05) is 24.7 Å². The number of halogens is 1. The van der Waals surface area contributed by atoms with Crippen molar-refractivity contribution in [2.75, 3.05) is 0 Å². The van der Waals surface area contributed by atoms with Gasteiger partial charge in [0.15, 0.2) is 0 Å². The van der Waals surface area contributed by atoms with Crippen molar-refractivity contribution in [2.45, 2.75) is 32.4 Å². The Labute approximate surface area is 152 Å². The number of aryl methyl sites for hydroxylation is 2. The Bertz CT molecular complexity index is 932. The first kappa shape index (κ1) is 15.9. The smallest absolute Gasteiger partial charge is 0.270 e. The molecule has 0 bridgehead atoms. The van der Waals surface area contributed by atoms with Gasteiger partial charge in [0.25, 0.3) is 5.91 Å². The number of nitrogens with zero attached hydrogens (tertiary/aromatic N) is 5. The highest BCUT2D eigenvalue weighted by Crippen LogP contribution is 2.21. The van der Waals surface area contributed by atoms with E-state index in [1.807, 2.05) is 29.8 Å². The lowest BCUT2D eigenvalue weighted by atomic mass is 10.1. The van der Waals surface area contributed by atoms with Crippen LogP contribution in [0.25, 0.3) is 11.3 Å². The van der Waals surface area contributed by atoms with Gasteiger partial charge in [-0.15, -0.1) is 5.10 Å². The van der Waals surface area contributed by atoms with E-state index in [4.69, 9.17) is 0 Å². The summed E-state index contributed by atoms with van der Waals surface area (Å²) in [7, 11) is 0. The molecule has 1 unspecified atom stereocenters. The van der Waals surface area contributed by atoms with E-state index in [-0.39, 0.29) is 11.9 Å². The molecule has 9 heteroatoms. The van der Waals surface area contributed by atoms with E-state index in [9.17, 15) is 4.79 Å². The Balaban J connectivity index is 1.52. The van der Waals surface area contributed by atoms with Crippen molar-refractivity contribution in [1.82, 2.24) is 35.3 Å². The number of amides is 1. The molecule has 8 nitrogen and oxygen atoms in total. The number of nitrogens with one attached hydrogen (secondary N) is 2. The average molecular weight is 402 g/mol. The van der Waals surface area contributed by atoms with E-state index in [0.29, 0.717) is 22.4 Å². The second-order valence-corrected chi connectivity index (χ2v) is 6.72. The number of pyridine rings is 1. The van der Waals surface area contributed by atoms with Gasteiger partial charge in [-0.2, -0.15) is 5.10 Å². The van der Waals surface area contributed by atoms with Gasteiger partial charge in [0.05, 0.1) is 17.5 Å². The van der Waals surface area contributed by atoms with Crippen molar-refractivity contribution in [3.63, 3.8) is 0 Å². The molecule has 1 atom stereocenters. The van der Waals surface area contributed by atoms with Crippen LogP contribution in [0.3, 0.4) is 0 Å². The zero-order valence-electron chi connectivity index (χ0n) is 13.5. The predicted octanol–water partition coefficient (Wildman–Crippen LogP) is 1.88. The van der Waals surface area contributed by atoms with E-state index < -0.39 is 0 Å². The molecule has 0 spiro atoms. The zero-order chi connectivity index (χ0) is 17.4. The minimum absolute atomic E-state index is 0.0118. The molecule has 0 aliphatic carbocycles. The number of rotatable bonds is 3. The number of H-pyrrole nitrogens is 1. The first-order chi connectivity index (χ1) is 12.1. The molecule has 4 heterocycles. The molecule has 0 radical (unpaired) electrons. The minimum atomic E-state index is -0.187. The quantitative estimate of drug-likeness (QED) is 0.697. The molecule has 0 saturated carbocycles. The number of aromatic amines is 1. The van der Waals surface area contributed by atoms with Crippen LogP contribution in [0.4, 0.5) is 0 Å². The lowest BCUT2D eigenvalue weighted by Crippen LogP contribution is -2.40. The molecule has 0 saturated heterocycles. The first-order valence-corrected chi connectivity index (χ1v) is 8.77. The summed E-state index contributed by atoms with van der Waals surface area (Å²) in [5.74, 6) is 0.682. The Hall–Kier alpha value is -2.55. The lowest BCUT2D eigenvalue weighted by Gasteiger charge is -2.23. The van der Waals surface area contributed by atoms with E-state index in [0.717, 1.165) is 30.2 Å². The van der Waals surface area contributed by atoms with Crippen molar-refractivity contribution in [3.8, 4) is 11.3 Å². The van der Waals surface area contributed by atoms with Gasteiger partial charge in [0.2, 0.25) is 4.73 Å². The van der Waals surface area contributed by atoms with E-state index >= 15 is 0 Å². The fourth-order valence-electron chi connectivity index (χ4n) is 3.00. The predicted molar refractivity (Wildman–Crippen MR) is 93.9 cm³/mol. The summed E-state index contributed by atoms with van der Waals surface area (Å²) < 4.78 is 2.45. The van der Waals surface area contributed by atoms with E-state index in [1.165, 1.54) is 0 Å². The van der Waals surface area contributed by atoms with Crippen LogP contribution in [0.2, 0.25) is 0 Å². The highest BCUT2D eigenvalue weighted by Gasteiger charge is 2.25. The second kappa shape index (κ2) is 6.40. The van der Waals surface area contributed by atoms with Crippen molar-refractivity contribution in [2.24, 2.45) is 0 Å². The van der Waals surface area contributed by atoms with Crippen LogP contribution in [0, 0.1) is 6.92 Å². The van der Waals surface area contributed by atoms with E-state index in [2.05, 4.69) is 46.5 Å². The monoisotopic (exact) mass is 401 g/mol. The molecular weight excluding hydrogens is 386 g/mol. The normalized spacial score (nSPS) is 16.5. The van der Waals surface area contributed by atoms with Gasteiger partial charge in [0.1, 0.15) is 11.5 Å². The molecule has 0 aromatic carbocycles. The standard InChI is InChI=1S/C16H16BrN7O/c1-9-3-2-4-12(19-9)11-8-18-22-14(11)15(25)20-10-5-6-24-13(7-10)21-16(17)23-24/h2-4,8,10H,5-7H2,1H3,(H,18,22)(H,20,25).